The summed E-state index contributed by atoms with van der Waals surface area (Å²) in [7, 11) is 0. The largest absolute Gasteiger partial charge is 0.342 e. The summed E-state index contributed by atoms with van der Waals surface area (Å²) >= 11 is 0. The first-order chi connectivity index (χ1) is 13.5. The van der Waals surface area contributed by atoms with Crippen LogP contribution in [-0.2, 0) is 11.3 Å². The van der Waals surface area contributed by atoms with Crippen LogP contribution in [-0.4, -0.2) is 51.9 Å². The second-order valence-electron chi connectivity index (χ2n) is 9.04. The van der Waals surface area contributed by atoms with Crippen molar-refractivity contribution in [1.82, 2.24) is 19.8 Å². The third kappa shape index (κ3) is 4.24. The summed E-state index contributed by atoms with van der Waals surface area (Å²) < 4.78 is 0. The lowest BCUT2D eigenvalue weighted by Gasteiger charge is -2.40. The topological polar surface area (TPSA) is 89.3 Å². The number of H-pyrrole nitrogens is 2. The molecule has 1 spiro atoms. The molecule has 1 saturated carbocycles. The molecule has 1 aliphatic carbocycles. The van der Waals surface area contributed by atoms with Crippen LogP contribution in [0.3, 0.4) is 0 Å². The monoisotopic (exact) mass is 388 g/mol. The van der Waals surface area contributed by atoms with Crippen LogP contribution >= 0.6 is 0 Å². The quantitative estimate of drug-likeness (QED) is 0.806. The van der Waals surface area contributed by atoms with Crippen LogP contribution in [0, 0.1) is 11.3 Å². The van der Waals surface area contributed by atoms with E-state index in [0.717, 1.165) is 57.8 Å². The lowest BCUT2D eigenvalue weighted by atomic mass is 9.78. The third-order valence-corrected chi connectivity index (χ3v) is 7.00. The van der Waals surface area contributed by atoms with E-state index in [1.165, 1.54) is 38.2 Å². The molecular formula is C21H32N4O3. The molecule has 154 valence electrons. The van der Waals surface area contributed by atoms with Crippen molar-refractivity contribution >= 4 is 5.91 Å². The number of nitrogens with zero attached hydrogens (tertiary/aromatic N) is 2. The first-order valence-corrected chi connectivity index (χ1v) is 10.9. The maximum Gasteiger partial charge on any atom is 0.325 e. The van der Waals surface area contributed by atoms with Gasteiger partial charge in [0.1, 0.15) is 0 Å². The van der Waals surface area contributed by atoms with Crippen molar-refractivity contribution < 1.29 is 4.79 Å². The fourth-order valence-corrected chi connectivity index (χ4v) is 5.50. The van der Waals surface area contributed by atoms with Gasteiger partial charge in [0, 0.05) is 37.9 Å². The van der Waals surface area contributed by atoms with Crippen molar-refractivity contribution in [2.75, 3.05) is 26.2 Å². The zero-order valence-corrected chi connectivity index (χ0v) is 16.7. The van der Waals surface area contributed by atoms with Gasteiger partial charge in [-0.1, -0.05) is 32.1 Å². The predicted molar refractivity (Wildman–Crippen MR) is 107 cm³/mol. The number of carbonyl (C=O) groups is 1. The SMILES string of the molecule is O=C1N(CCC2CCCCC2)CCC[C@]12CCN(Cc1cc(=O)[nH]c(=O)[nH]1)C2. The van der Waals surface area contributed by atoms with Crippen molar-refractivity contribution in [2.45, 2.75) is 64.3 Å². The molecule has 28 heavy (non-hydrogen) atoms. The van der Waals surface area contributed by atoms with E-state index < -0.39 is 5.69 Å². The summed E-state index contributed by atoms with van der Waals surface area (Å²) in [5.41, 5.74) is -0.510. The van der Waals surface area contributed by atoms with Gasteiger partial charge in [-0.3, -0.25) is 19.5 Å². The Morgan fingerprint density at radius 3 is 2.61 bits per heavy atom. The van der Waals surface area contributed by atoms with E-state index >= 15 is 0 Å². The Hall–Kier alpha value is -1.89. The minimum absolute atomic E-state index is 0.272. The molecule has 1 aromatic heterocycles. The molecule has 4 rings (SSSR count). The molecule has 1 aromatic rings. The molecule has 1 amide bonds. The minimum atomic E-state index is -0.473. The number of likely N-dealkylation sites (tertiary alicyclic amines) is 2. The molecule has 2 N–H and O–H groups in total. The van der Waals surface area contributed by atoms with Gasteiger partial charge < -0.3 is 9.88 Å². The lowest BCUT2D eigenvalue weighted by molar-refractivity contribution is -0.145. The average molecular weight is 389 g/mol. The number of aromatic nitrogens is 2. The van der Waals surface area contributed by atoms with Crippen molar-refractivity contribution in [2.24, 2.45) is 11.3 Å². The Morgan fingerprint density at radius 2 is 1.82 bits per heavy atom. The first-order valence-electron chi connectivity index (χ1n) is 10.9. The molecule has 1 atom stereocenters. The Bertz CT molecular complexity index is 782. The van der Waals surface area contributed by atoms with Gasteiger partial charge in [-0.2, -0.15) is 0 Å². The zero-order valence-electron chi connectivity index (χ0n) is 16.7. The van der Waals surface area contributed by atoms with Crippen molar-refractivity contribution in [1.29, 1.82) is 0 Å². The smallest absolute Gasteiger partial charge is 0.325 e. The highest BCUT2D eigenvalue weighted by atomic mass is 16.2. The Labute approximate surface area is 165 Å². The Balaban J connectivity index is 1.36. The summed E-state index contributed by atoms with van der Waals surface area (Å²) in [5.74, 6) is 1.13. The summed E-state index contributed by atoms with van der Waals surface area (Å²) in [5, 5.41) is 0. The lowest BCUT2D eigenvalue weighted by Crippen LogP contribution is -2.50. The van der Waals surface area contributed by atoms with Crippen LogP contribution in [0.25, 0.3) is 0 Å². The van der Waals surface area contributed by atoms with E-state index in [-0.39, 0.29) is 11.0 Å². The average Bonchev–Trinajstić information content (AvgIpc) is 3.06. The van der Waals surface area contributed by atoms with Crippen LogP contribution in [0.15, 0.2) is 15.7 Å². The number of carbonyl (C=O) groups excluding carboxylic acids is 1. The summed E-state index contributed by atoms with van der Waals surface area (Å²) in [6.45, 7) is 3.87. The number of hydrogen-bond donors (Lipinski definition) is 2. The number of aromatic amines is 2. The molecule has 0 unspecified atom stereocenters. The molecule has 2 aliphatic heterocycles. The van der Waals surface area contributed by atoms with Gasteiger partial charge in [-0.25, -0.2) is 4.79 Å². The van der Waals surface area contributed by atoms with Crippen LogP contribution in [0.1, 0.15) is 63.5 Å². The van der Waals surface area contributed by atoms with Gasteiger partial charge in [0.15, 0.2) is 0 Å². The molecule has 0 bridgehead atoms. The summed E-state index contributed by atoms with van der Waals surface area (Å²) in [4.78, 5) is 45.5. The van der Waals surface area contributed by atoms with E-state index in [1.54, 1.807) is 0 Å². The number of rotatable bonds is 5. The highest BCUT2D eigenvalue weighted by Gasteiger charge is 2.48. The Kier molecular flexibility index (Phi) is 5.71. The van der Waals surface area contributed by atoms with E-state index in [1.807, 2.05) is 0 Å². The van der Waals surface area contributed by atoms with Crippen molar-refractivity contribution in [3.63, 3.8) is 0 Å². The second kappa shape index (κ2) is 8.23. The molecule has 3 fully saturated rings. The molecule has 3 aliphatic rings. The molecule has 7 heteroatoms. The van der Waals surface area contributed by atoms with Gasteiger partial charge in [0.05, 0.1) is 5.41 Å². The molecule has 0 aromatic carbocycles. The number of piperidine rings is 1. The van der Waals surface area contributed by atoms with E-state index in [2.05, 4.69) is 19.8 Å². The second-order valence-corrected chi connectivity index (χ2v) is 9.04. The van der Waals surface area contributed by atoms with Gasteiger partial charge in [0.25, 0.3) is 5.56 Å². The maximum absolute atomic E-state index is 13.3. The highest BCUT2D eigenvalue weighted by molar-refractivity contribution is 5.84. The summed E-state index contributed by atoms with van der Waals surface area (Å²) in [6.07, 6.45) is 10.8. The van der Waals surface area contributed by atoms with Crippen molar-refractivity contribution in [3.8, 4) is 0 Å². The number of amides is 1. The van der Waals surface area contributed by atoms with Crippen LogP contribution in [0.2, 0.25) is 0 Å². The third-order valence-electron chi connectivity index (χ3n) is 7.00. The van der Waals surface area contributed by atoms with Crippen LogP contribution < -0.4 is 11.2 Å². The van der Waals surface area contributed by atoms with Gasteiger partial charge >= 0.3 is 5.69 Å². The van der Waals surface area contributed by atoms with E-state index in [0.29, 0.717) is 18.1 Å². The maximum atomic E-state index is 13.3. The van der Waals surface area contributed by atoms with Gasteiger partial charge in [-0.05, 0) is 38.1 Å². The van der Waals surface area contributed by atoms with E-state index in [4.69, 9.17) is 0 Å². The number of nitrogens with one attached hydrogen (secondary N) is 2. The van der Waals surface area contributed by atoms with Gasteiger partial charge in [0.2, 0.25) is 5.91 Å². The summed E-state index contributed by atoms with van der Waals surface area (Å²) in [6, 6.07) is 1.44. The molecular weight excluding hydrogens is 356 g/mol. The molecule has 7 nitrogen and oxygen atoms in total. The first kappa shape index (κ1) is 19.4. The van der Waals surface area contributed by atoms with Crippen LogP contribution in [0.4, 0.5) is 0 Å². The fraction of sp³-hybridized carbons (Fsp3) is 0.762. The van der Waals surface area contributed by atoms with Crippen molar-refractivity contribution in [3.05, 3.63) is 32.6 Å². The van der Waals surface area contributed by atoms with Gasteiger partial charge in [-0.15, -0.1) is 0 Å². The molecule has 2 saturated heterocycles. The van der Waals surface area contributed by atoms with E-state index in [9.17, 15) is 14.4 Å². The van der Waals surface area contributed by atoms with Crippen LogP contribution in [0.5, 0.6) is 0 Å². The zero-order chi connectivity index (χ0) is 19.6. The molecule has 3 heterocycles. The Morgan fingerprint density at radius 1 is 1.00 bits per heavy atom. The fourth-order valence-electron chi connectivity index (χ4n) is 5.50. The predicted octanol–water partition coefficient (Wildman–Crippen LogP) is 1.85. The number of hydrogen-bond acceptors (Lipinski definition) is 4. The minimum Gasteiger partial charge on any atom is -0.342 e. The normalized spacial score (nSPS) is 27.0. The standard InChI is InChI=1S/C21H32N4O3/c26-18-13-17(22-20(28)23-18)14-24-12-9-21(15-24)8-4-10-25(19(21)27)11-7-16-5-2-1-3-6-16/h13,16H,1-12,14-15H2,(H2,22,23,26,28)/t21-/m1/s1. The highest BCUT2D eigenvalue weighted by Crippen LogP contribution is 2.40. The molecule has 0 radical (unpaired) electrons.